The molecule has 0 radical (unpaired) electrons. The molecule has 1 fully saturated rings. The van der Waals surface area contributed by atoms with Gasteiger partial charge in [-0.15, -0.1) is 0 Å². The minimum absolute atomic E-state index is 0.0880. The highest BCUT2D eigenvalue weighted by molar-refractivity contribution is 7.89. The number of hydrogen-bond donors (Lipinski definition) is 1. The molecule has 174 valence electrons. The number of aryl methyl sites for hydroxylation is 1. The van der Waals surface area contributed by atoms with Crippen molar-refractivity contribution >= 4 is 27.5 Å². The second kappa shape index (κ2) is 11.2. The van der Waals surface area contributed by atoms with Crippen LogP contribution in [0.5, 0.6) is 5.75 Å². The largest absolute Gasteiger partial charge is 0.492 e. The van der Waals surface area contributed by atoms with Crippen LogP contribution in [0.3, 0.4) is 0 Å². The number of nitrogens with zero attached hydrogens (tertiary/aromatic N) is 1. The van der Waals surface area contributed by atoms with Gasteiger partial charge in [0.1, 0.15) is 12.4 Å². The first-order valence-corrected chi connectivity index (χ1v) is 12.9. The fraction of sp³-hybridized carbons (Fsp3) is 0.458. The molecule has 6 nitrogen and oxygen atoms in total. The Balaban J connectivity index is 1.58. The highest BCUT2D eigenvalue weighted by Gasteiger charge is 2.29. The average molecular weight is 479 g/mol. The van der Waals surface area contributed by atoms with E-state index in [0.717, 1.165) is 31.4 Å². The summed E-state index contributed by atoms with van der Waals surface area (Å²) in [7, 11) is -3.66. The van der Waals surface area contributed by atoms with E-state index in [2.05, 4.69) is 19.2 Å². The molecule has 0 spiro atoms. The predicted molar refractivity (Wildman–Crippen MR) is 127 cm³/mol. The van der Waals surface area contributed by atoms with E-state index in [9.17, 15) is 13.2 Å². The minimum atomic E-state index is -3.66. The van der Waals surface area contributed by atoms with Crippen LogP contribution < -0.4 is 10.1 Å². The molecule has 32 heavy (non-hydrogen) atoms. The van der Waals surface area contributed by atoms with Crippen molar-refractivity contribution in [1.82, 2.24) is 9.62 Å². The highest BCUT2D eigenvalue weighted by Crippen LogP contribution is 2.26. The number of halogens is 1. The van der Waals surface area contributed by atoms with Gasteiger partial charge in [-0.2, -0.15) is 4.31 Å². The molecule has 0 aromatic heterocycles. The number of hydrogen-bond acceptors (Lipinski definition) is 4. The molecule has 1 saturated heterocycles. The molecule has 0 unspecified atom stereocenters. The van der Waals surface area contributed by atoms with Gasteiger partial charge < -0.3 is 10.1 Å². The Kier molecular flexibility index (Phi) is 8.57. The Bertz CT molecular complexity index is 1020. The van der Waals surface area contributed by atoms with Gasteiger partial charge in [0.25, 0.3) is 5.91 Å². The van der Waals surface area contributed by atoms with E-state index in [0.29, 0.717) is 25.6 Å². The molecule has 8 heteroatoms. The maximum Gasteiger partial charge on any atom is 0.252 e. The first-order chi connectivity index (χ1) is 15.3. The summed E-state index contributed by atoms with van der Waals surface area (Å²) in [6.07, 6.45) is 3.79. The Morgan fingerprint density at radius 1 is 1.16 bits per heavy atom. The molecule has 0 aliphatic carbocycles. The molecule has 1 N–H and O–H groups in total. The lowest BCUT2D eigenvalue weighted by molar-refractivity contribution is 0.0947. The monoisotopic (exact) mass is 478 g/mol. The molecule has 1 aliphatic heterocycles. The highest BCUT2D eigenvalue weighted by atomic mass is 35.5. The molecule has 1 aliphatic rings. The third kappa shape index (κ3) is 6.24. The molecule has 2 aromatic rings. The van der Waals surface area contributed by atoms with E-state index >= 15 is 0 Å². The molecular formula is C24H31ClN2O4S. The van der Waals surface area contributed by atoms with Gasteiger partial charge in [0, 0.05) is 13.1 Å². The second-order valence-electron chi connectivity index (χ2n) is 8.23. The fourth-order valence-electron chi connectivity index (χ4n) is 3.68. The van der Waals surface area contributed by atoms with Crippen molar-refractivity contribution in [3.05, 3.63) is 58.6 Å². The third-order valence-corrected chi connectivity index (χ3v) is 7.91. The van der Waals surface area contributed by atoms with Crippen LogP contribution in [0.25, 0.3) is 0 Å². The van der Waals surface area contributed by atoms with Crippen LogP contribution in [0.15, 0.2) is 47.4 Å². The molecule has 0 atom stereocenters. The lowest BCUT2D eigenvalue weighted by atomic mass is 10.0. The van der Waals surface area contributed by atoms with Crippen LogP contribution in [0.2, 0.25) is 5.02 Å². The van der Waals surface area contributed by atoms with E-state index in [1.54, 1.807) is 0 Å². The summed E-state index contributed by atoms with van der Waals surface area (Å²) in [5, 5.41) is 2.96. The van der Waals surface area contributed by atoms with Crippen molar-refractivity contribution < 1.29 is 17.9 Å². The maximum absolute atomic E-state index is 13.0. The smallest absolute Gasteiger partial charge is 0.252 e. The number of amides is 1. The van der Waals surface area contributed by atoms with Crippen molar-refractivity contribution in [1.29, 1.82) is 0 Å². The normalized spacial score (nSPS) is 15.5. The zero-order valence-corrected chi connectivity index (χ0v) is 20.2. The number of ether oxygens (including phenoxy) is 1. The van der Waals surface area contributed by atoms with Gasteiger partial charge in [-0.1, -0.05) is 44.0 Å². The molecule has 2 aromatic carbocycles. The van der Waals surface area contributed by atoms with Gasteiger partial charge in [0.15, 0.2) is 0 Å². The number of carbonyl (C=O) groups is 1. The Labute approximate surface area is 196 Å². The number of nitrogens with one attached hydrogen (secondary N) is 1. The zero-order chi connectivity index (χ0) is 23.1. The van der Waals surface area contributed by atoms with Crippen LogP contribution in [-0.2, 0) is 16.4 Å². The Morgan fingerprint density at radius 3 is 2.50 bits per heavy atom. The molecule has 3 rings (SSSR count). The maximum atomic E-state index is 13.0. The van der Waals surface area contributed by atoms with Crippen molar-refractivity contribution in [2.75, 3.05) is 26.2 Å². The molecule has 1 heterocycles. The van der Waals surface area contributed by atoms with Gasteiger partial charge in [0.2, 0.25) is 10.0 Å². The van der Waals surface area contributed by atoms with Crippen molar-refractivity contribution in [3.63, 3.8) is 0 Å². The lowest BCUT2D eigenvalue weighted by Gasteiger charge is -2.29. The standard InChI is InChI=1S/C24H31ClN2O4S/c1-3-4-19-5-7-20(8-6-19)31-16-13-26-24(28)22-17-21(9-10-23(22)25)32(29,30)27-14-11-18(2)12-15-27/h5-10,17-18H,3-4,11-16H2,1-2H3,(H,26,28). The van der Waals surface area contributed by atoms with Gasteiger partial charge in [-0.05, 0) is 61.1 Å². The summed E-state index contributed by atoms with van der Waals surface area (Å²) in [6, 6.07) is 12.2. The van der Waals surface area contributed by atoms with Crippen LogP contribution in [0.1, 0.15) is 49.0 Å². The average Bonchev–Trinajstić information content (AvgIpc) is 2.78. The first-order valence-electron chi connectivity index (χ1n) is 11.1. The van der Waals surface area contributed by atoms with Crippen LogP contribution >= 0.6 is 11.6 Å². The van der Waals surface area contributed by atoms with E-state index in [4.69, 9.17) is 16.3 Å². The summed E-state index contributed by atoms with van der Waals surface area (Å²) in [5.41, 5.74) is 1.40. The summed E-state index contributed by atoms with van der Waals surface area (Å²) in [5.74, 6) is 0.826. The third-order valence-electron chi connectivity index (χ3n) is 5.68. The van der Waals surface area contributed by atoms with Crippen LogP contribution in [-0.4, -0.2) is 44.9 Å². The molecule has 0 saturated carbocycles. The van der Waals surface area contributed by atoms with E-state index < -0.39 is 15.9 Å². The summed E-state index contributed by atoms with van der Waals surface area (Å²) < 4.78 is 33.1. The first kappa shape index (κ1) is 24.6. The van der Waals surface area contributed by atoms with E-state index in [1.165, 1.54) is 28.1 Å². The topological polar surface area (TPSA) is 75.7 Å². The number of sulfonamides is 1. The number of piperidine rings is 1. The number of rotatable bonds is 9. The minimum Gasteiger partial charge on any atom is -0.492 e. The SMILES string of the molecule is CCCc1ccc(OCCNC(=O)c2cc(S(=O)(=O)N3CCC(C)CC3)ccc2Cl)cc1. The molecular weight excluding hydrogens is 448 g/mol. The molecule has 0 bridgehead atoms. The second-order valence-corrected chi connectivity index (χ2v) is 10.6. The number of carbonyl (C=O) groups excluding carboxylic acids is 1. The van der Waals surface area contributed by atoms with Gasteiger partial charge >= 0.3 is 0 Å². The van der Waals surface area contributed by atoms with Crippen molar-refractivity contribution in [2.45, 2.75) is 44.4 Å². The van der Waals surface area contributed by atoms with Gasteiger partial charge in [-0.25, -0.2) is 8.42 Å². The van der Waals surface area contributed by atoms with E-state index in [1.807, 2.05) is 24.3 Å². The Morgan fingerprint density at radius 2 is 1.84 bits per heavy atom. The van der Waals surface area contributed by atoms with Crippen molar-refractivity contribution in [3.8, 4) is 5.75 Å². The molecule has 1 amide bonds. The lowest BCUT2D eigenvalue weighted by Crippen LogP contribution is -2.38. The fourth-order valence-corrected chi connectivity index (χ4v) is 5.38. The predicted octanol–water partition coefficient (Wildman–Crippen LogP) is 4.52. The van der Waals surface area contributed by atoms with Gasteiger partial charge in [-0.3, -0.25) is 4.79 Å². The van der Waals surface area contributed by atoms with Crippen molar-refractivity contribution in [2.24, 2.45) is 5.92 Å². The zero-order valence-electron chi connectivity index (χ0n) is 18.6. The summed E-state index contributed by atoms with van der Waals surface area (Å²) in [6.45, 7) is 5.81. The summed E-state index contributed by atoms with van der Waals surface area (Å²) >= 11 is 6.19. The quantitative estimate of drug-likeness (QED) is 0.537. The Hall–Kier alpha value is -2.09. The van der Waals surface area contributed by atoms with Crippen LogP contribution in [0, 0.1) is 5.92 Å². The summed E-state index contributed by atoms with van der Waals surface area (Å²) in [4.78, 5) is 12.7. The van der Waals surface area contributed by atoms with E-state index in [-0.39, 0.29) is 22.0 Å². The van der Waals surface area contributed by atoms with Gasteiger partial charge in [0.05, 0.1) is 22.0 Å². The number of benzene rings is 2. The van der Waals surface area contributed by atoms with Crippen LogP contribution in [0.4, 0.5) is 0 Å².